The molecule has 0 aromatic heterocycles. The molecule has 0 aliphatic heterocycles. The van der Waals surface area contributed by atoms with E-state index < -0.39 is 0 Å². The molecule has 3 nitrogen and oxygen atoms in total. The molecule has 0 heterocycles. The highest BCUT2D eigenvalue weighted by Gasteiger charge is 2.36. The van der Waals surface area contributed by atoms with Crippen molar-refractivity contribution in [2.75, 3.05) is 27.7 Å². The lowest BCUT2D eigenvalue weighted by atomic mass is 10.1. The van der Waals surface area contributed by atoms with Gasteiger partial charge in [0.15, 0.2) is 0 Å². The Kier molecular flexibility index (Phi) is 4.48. The second-order valence-corrected chi connectivity index (χ2v) is 7.10. The Morgan fingerprint density at radius 3 is 2.45 bits per heavy atom. The van der Waals surface area contributed by atoms with Crippen molar-refractivity contribution in [2.24, 2.45) is 11.8 Å². The predicted molar refractivity (Wildman–Crippen MR) is 80.4 cm³/mol. The monoisotopic (exact) mass is 276 g/mol. The van der Waals surface area contributed by atoms with Gasteiger partial charge < -0.3 is 9.22 Å². The molecule has 1 aliphatic carbocycles. The van der Waals surface area contributed by atoms with Crippen molar-refractivity contribution in [2.45, 2.75) is 25.9 Å². The molecule has 0 bridgehead atoms. The minimum atomic E-state index is -0.187. The molecule has 0 unspecified atom stereocenters. The lowest BCUT2D eigenvalue weighted by Gasteiger charge is -2.27. The summed E-state index contributed by atoms with van der Waals surface area (Å²) in [5.74, 6) is 0.922. The summed E-state index contributed by atoms with van der Waals surface area (Å²) < 4.78 is 6.68. The Labute approximate surface area is 122 Å². The molecule has 20 heavy (non-hydrogen) atoms. The fourth-order valence-electron chi connectivity index (χ4n) is 3.20. The topological polar surface area (TPSA) is 26.3 Å². The number of benzene rings is 1. The SMILES string of the molecule is C[C@H]1C[C@@H](C[N+](C)(C)C)C[C@@H]1OC(=O)c1ccccc1. The smallest absolute Gasteiger partial charge is 0.338 e. The van der Waals surface area contributed by atoms with E-state index in [0.717, 1.165) is 23.9 Å². The van der Waals surface area contributed by atoms with E-state index in [1.807, 2.05) is 30.3 Å². The number of rotatable bonds is 4. The molecule has 2 rings (SSSR count). The van der Waals surface area contributed by atoms with E-state index >= 15 is 0 Å². The normalized spacial score (nSPS) is 26.5. The largest absolute Gasteiger partial charge is 0.458 e. The molecule has 3 heteroatoms. The number of nitrogens with zero attached hydrogens (tertiary/aromatic N) is 1. The van der Waals surface area contributed by atoms with Gasteiger partial charge in [-0.2, -0.15) is 0 Å². The average molecular weight is 276 g/mol. The van der Waals surface area contributed by atoms with Crippen molar-refractivity contribution in [3.63, 3.8) is 0 Å². The molecule has 0 amide bonds. The van der Waals surface area contributed by atoms with Gasteiger partial charge in [-0.3, -0.25) is 0 Å². The van der Waals surface area contributed by atoms with Crippen LogP contribution in [0.2, 0.25) is 0 Å². The Balaban J connectivity index is 1.92. The third-order valence-electron chi connectivity index (χ3n) is 3.98. The fraction of sp³-hybridized carbons (Fsp3) is 0.588. The van der Waals surface area contributed by atoms with Gasteiger partial charge in [0.1, 0.15) is 6.10 Å². The van der Waals surface area contributed by atoms with Crippen LogP contribution < -0.4 is 0 Å². The van der Waals surface area contributed by atoms with Crippen LogP contribution in [0.5, 0.6) is 0 Å². The summed E-state index contributed by atoms with van der Waals surface area (Å²) in [6.45, 7) is 3.34. The van der Waals surface area contributed by atoms with E-state index in [1.165, 1.54) is 0 Å². The van der Waals surface area contributed by atoms with E-state index in [2.05, 4.69) is 28.1 Å². The Morgan fingerprint density at radius 1 is 1.20 bits per heavy atom. The number of quaternary nitrogens is 1. The number of ether oxygens (including phenoxy) is 1. The molecule has 3 atom stereocenters. The molecule has 0 spiro atoms. The quantitative estimate of drug-likeness (QED) is 0.624. The number of hydrogen-bond donors (Lipinski definition) is 0. The van der Waals surface area contributed by atoms with Crippen molar-refractivity contribution in [3.05, 3.63) is 35.9 Å². The third-order valence-corrected chi connectivity index (χ3v) is 3.98. The van der Waals surface area contributed by atoms with E-state index in [-0.39, 0.29) is 12.1 Å². The van der Waals surface area contributed by atoms with E-state index in [9.17, 15) is 4.79 Å². The summed E-state index contributed by atoms with van der Waals surface area (Å²) in [7, 11) is 6.65. The minimum absolute atomic E-state index is 0.0688. The number of hydrogen-bond acceptors (Lipinski definition) is 2. The summed E-state index contributed by atoms with van der Waals surface area (Å²) in [6, 6.07) is 9.27. The molecule has 1 fully saturated rings. The first-order valence-corrected chi connectivity index (χ1v) is 7.41. The Morgan fingerprint density at radius 2 is 1.85 bits per heavy atom. The second kappa shape index (κ2) is 5.96. The van der Waals surface area contributed by atoms with Gasteiger partial charge in [-0.15, -0.1) is 0 Å². The van der Waals surface area contributed by atoms with Crippen molar-refractivity contribution in [1.29, 1.82) is 0 Å². The van der Waals surface area contributed by atoms with Crippen LogP contribution in [0.4, 0.5) is 0 Å². The summed E-state index contributed by atoms with van der Waals surface area (Å²) in [5.41, 5.74) is 0.648. The highest BCUT2D eigenvalue weighted by molar-refractivity contribution is 5.89. The highest BCUT2D eigenvalue weighted by atomic mass is 16.5. The molecule has 0 N–H and O–H groups in total. The van der Waals surface area contributed by atoms with Gasteiger partial charge in [-0.05, 0) is 30.9 Å². The lowest BCUT2D eigenvalue weighted by molar-refractivity contribution is -0.873. The lowest BCUT2D eigenvalue weighted by Crippen LogP contribution is -2.38. The zero-order chi connectivity index (χ0) is 14.8. The molecule has 0 radical (unpaired) electrons. The predicted octanol–water partition coefficient (Wildman–Crippen LogP) is 2.96. The first kappa shape index (κ1) is 15.0. The molecule has 1 aromatic carbocycles. The van der Waals surface area contributed by atoms with Crippen LogP contribution in [-0.4, -0.2) is 44.2 Å². The zero-order valence-electron chi connectivity index (χ0n) is 13.0. The first-order valence-electron chi connectivity index (χ1n) is 7.41. The number of carbonyl (C=O) groups is 1. The van der Waals surface area contributed by atoms with Gasteiger partial charge in [0.2, 0.25) is 0 Å². The maximum absolute atomic E-state index is 12.1. The molecule has 110 valence electrons. The third kappa shape index (κ3) is 4.07. The van der Waals surface area contributed by atoms with Crippen LogP contribution in [0, 0.1) is 11.8 Å². The minimum Gasteiger partial charge on any atom is -0.458 e. The fourth-order valence-corrected chi connectivity index (χ4v) is 3.20. The van der Waals surface area contributed by atoms with Crippen LogP contribution in [0.3, 0.4) is 0 Å². The summed E-state index contributed by atoms with van der Waals surface area (Å²) in [5, 5.41) is 0. The van der Waals surface area contributed by atoms with Crippen LogP contribution in [0.15, 0.2) is 30.3 Å². The van der Waals surface area contributed by atoms with Crippen molar-refractivity contribution in [3.8, 4) is 0 Å². The molecule has 1 aliphatic rings. The second-order valence-electron chi connectivity index (χ2n) is 7.10. The van der Waals surface area contributed by atoms with Gasteiger partial charge in [-0.1, -0.05) is 25.1 Å². The standard InChI is InChI=1S/C17H26NO2/c1-13-10-14(12-18(2,3)4)11-16(13)20-17(19)15-8-6-5-7-9-15/h5-9,13-14,16H,10-12H2,1-4H3/q+1/t13-,14+,16-/m0/s1. The number of carbonyl (C=O) groups excluding carboxylic acids is 1. The van der Waals surface area contributed by atoms with Crippen LogP contribution >= 0.6 is 0 Å². The Bertz CT molecular complexity index is 450. The van der Waals surface area contributed by atoms with Gasteiger partial charge in [-0.25, -0.2) is 4.79 Å². The van der Waals surface area contributed by atoms with Gasteiger partial charge in [0, 0.05) is 5.92 Å². The van der Waals surface area contributed by atoms with Crippen LogP contribution in [0.25, 0.3) is 0 Å². The zero-order valence-corrected chi connectivity index (χ0v) is 13.0. The summed E-state index contributed by atoms with van der Waals surface area (Å²) >= 11 is 0. The summed E-state index contributed by atoms with van der Waals surface area (Å²) in [6.07, 6.45) is 2.22. The molecular formula is C17H26NO2+. The van der Waals surface area contributed by atoms with Gasteiger partial charge >= 0.3 is 5.97 Å². The average Bonchev–Trinajstić information content (AvgIpc) is 2.68. The molecule has 0 saturated heterocycles. The maximum atomic E-state index is 12.1. The molecule has 1 saturated carbocycles. The van der Waals surface area contributed by atoms with Crippen molar-refractivity contribution >= 4 is 5.97 Å². The van der Waals surface area contributed by atoms with Crippen molar-refractivity contribution < 1.29 is 14.0 Å². The molecule has 1 aromatic rings. The highest BCUT2D eigenvalue weighted by Crippen LogP contribution is 2.34. The molecular weight excluding hydrogens is 250 g/mol. The van der Waals surface area contributed by atoms with E-state index in [1.54, 1.807) is 0 Å². The first-order chi connectivity index (χ1) is 9.35. The van der Waals surface area contributed by atoms with E-state index in [0.29, 0.717) is 17.4 Å². The Hall–Kier alpha value is -1.35. The van der Waals surface area contributed by atoms with Crippen LogP contribution in [-0.2, 0) is 4.74 Å². The van der Waals surface area contributed by atoms with Gasteiger partial charge in [0.05, 0.1) is 33.3 Å². The van der Waals surface area contributed by atoms with E-state index in [4.69, 9.17) is 4.74 Å². The summed E-state index contributed by atoms with van der Waals surface area (Å²) in [4.78, 5) is 12.1. The van der Waals surface area contributed by atoms with Crippen LogP contribution in [0.1, 0.15) is 30.1 Å². The maximum Gasteiger partial charge on any atom is 0.338 e. The number of esters is 1. The van der Waals surface area contributed by atoms with Gasteiger partial charge in [0.25, 0.3) is 0 Å². The van der Waals surface area contributed by atoms with Crippen molar-refractivity contribution in [1.82, 2.24) is 0 Å².